The van der Waals surface area contributed by atoms with Gasteiger partial charge in [0.2, 0.25) is 0 Å². The van der Waals surface area contributed by atoms with Crippen LogP contribution in [0.1, 0.15) is 153 Å². The Kier molecular flexibility index (Phi) is 18.2. The van der Waals surface area contributed by atoms with E-state index in [0.717, 1.165) is 25.9 Å². The lowest BCUT2D eigenvalue weighted by molar-refractivity contribution is -0.699. The first-order chi connectivity index (χ1) is 15.7. The van der Waals surface area contributed by atoms with E-state index < -0.39 is 5.97 Å². The van der Waals surface area contributed by atoms with Crippen molar-refractivity contribution in [1.29, 1.82) is 0 Å². The van der Waals surface area contributed by atoms with Crippen LogP contribution in [0.2, 0.25) is 0 Å². The van der Waals surface area contributed by atoms with Crippen molar-refractivity contribution in [1.82, 2.24) is 4.57 Å². The van der Waals surface area contributed by atoms with Gasteiger partial charge in [0.25, 0.3) is 0 Å². The van der Waals surface area contributed by atoms with E-state index in [1.807, 2.05) is 21.5 Å². The number of carbonyl (C=O) groups is 1. The quantitative estimate of drug-likeness (QED) is 0.135. The summed E-state index contributed by atoms with van der Waals surface area (Å²) < 4.78 is 3.90. The minimum absolute atomic E-state index is 0.455. The summed E-state index contributed by atoms with van der Waals surface area (Å²) in [4.78, 5) is 11.8. The lowest BCUT2D eigenvalue weighted by Crippen LogP contribution is -2.39. The average molecular weight is 450 g/mol. The Morgan fingerprint density at radius 1 is 0.688 bits per heavy atom. The first-order valence-corrected chi connectivity index (χ1v) is 14.0. The number of carboxylic acids is 1. The van der Waals surface area contributed by atoms with Crippen molar-refractivity contribution in [2.45, 2.75) is 155 Å². The van der Waals surface area contributed by atoms with Gasteiger partial charge in [-0.25, -0.2) is 13.9 Å². The number of carboxylic acid groups (broad SMARTS) is 1. The van der Waals surface area contributed by atoms with Crippen LogP contribution in [0.25, 0.3) is 0 Å². The summed E-state index contributed by atoms with van der Waals surface area (Å²) in [5.74, 6) is -0.342. The number of imidazole rings is 1. The Morgan fingerprint density at radius 3 is 1.53 bits per heavy atom. The smallest absolute Gasteiger partial charge is 0.419 e. The van der Waals surface area contributed by atoms with Gasteiger partial charge in [-0.3, -0.25) is 0 Å². The molecule has 1 N–H and O–H groups in total. The van der Waals surface area contributed by atoms with E-state index in [1.54, 1.807) is 0 Å². The normalized spacial score (nSPS) is 11.3. The third kappa shape index (κ3) is 14.0. The monoisotopic (exact) mass is 449 g/mol. The lowest BCUT2D eigenvalue weighted by Gasteiger charge is -2.04. The number of rotatable bonds is 23. The van der Waals surface area contributed by atoms with E-state index in [4.69, 9.17) is 0 Å². The van der Waals surface area contributed by atoms with Crippen LogP contribution in [0.15, 0.2) is 12.4 Å². The van der Waals surface area contributed by atoms with Crippen LogP contribution in [0.4, 0.5) is 0 Å². The van der Waals surface area contributed by atoms with Gasteiger partial charge in [0.05, 0.1) is 13.1 Å². The van der Waals surface area contributed by atoms with E-state index in [-0.39, 0.29) is 0 Å². The minimum atomic E-state index is -0.797. The first kappa shape index (κ1) is 28.7. The van der Waals surface area contributed by atoms with Gasteiger partial charge in [0.1, 0.15) is 12.4 Å². The Morgan fingerprint density at radius 2 is 1.09 bits per heavy atom. The summed E-state index contributed by atoms with van der Waals surface area (Å²) in [6.45, 7) is 6.17. The molecule has 186 valence electrons. The molecule has 0 aliphatic carbocycles. The molecule has 0 saturated heterocycles. The molecule has 0 aliphatic heterocycles. The van der Waals surface area contributed by atoms with E-state index in [9.17, 15) is 9.90 Å². The largest absolute Gasteiger partial charge is 0.472 e. The topological polar surface area (TPSA) is 46.1 Å². The van der Waals surface area contributed by atoms with Gasteiger partial charge >= 0.3 is 11.8 Å². The third-order valence-electron chi connectivity index (χ3n) is 6.67. The Bertz CT molecular complexity index is 526. The standard InChI is InChI=1S/C28H52N2O2/c1-3-5-7-9-11-13-15-17-19-21-23-29-25-26-30(27(29)28(31)32)24-22-20-18-16-14-12-10-8-6-4-2/h25-26H,3-24H2,1-2H3/p+1. The highest BCUT2D eigenvalue weighted by Gasteiger charge is 2.24. The third-order valence-corrected chi connectivity index (χ3v) is 6.67. The van der Waals surface area contributed by atoms with Crippen LogP contribution in [-0.2, 0) is 13.1 Å². The Labute approximate surface area is 198 Å². The van der Waals surface area contributed by atoms with Gasteiger partial charge in [-0.2, -0.15) is 0 Å². The highest BCUT2D eigenvalue weighted by Crippen LogP contribution is 2.12. The molecule has 1 aromatic rings. The molecule has 0 atom stereocenters. The van der Waals surface area contributed by atoms with Gasteiger partial charge in [-0.15, -0.1) is 0 Å². The second-order valence-electron chi connectivity index (χ2n) is 9.68. The highest BCUT2D eigenvalue weighted by molar-refractivity contribution is 5.81. The summed E-state index contributed by atoms with van der Waals surface area (Å²) in [5, 5.41) is 9.72. The van der Waals surface area contributed by atoms with Gasteiger partial charge in [-0.05, 0) is 25.7 Å². The molecular weight excluding hydrogens is 396 g/mol. The summed E-state index contributed by atoms with van der Waals surface area (Å²) in [5.41, 5.74) is 0. The summed E-state index contributed by atoms with van der Waals surface area (Å²) in [7, 11) is 0. The highest BCUT2D eigenvalue weighted by atomic mass is 16.4. The molecule has 1 aromatic heterocycles. The van der Waals surface area contributed by atoms with E-state index >= 15 is 0 Å². The van der Waals surface area contributed by atoms with Crippen LogP contribution < -0.4 is 4.57 Å². The fraction of sp³-hybridized carbons (Fsp3) is 0.857. The predicted octanol–water partition coefficient (Wildman–Crippen LogP) is 8.32. The van der Waals surface area contributed by atoms with Gasteiger partial charge in [-0.1, -0.05) is 117 Å². The number of unbranched alkanes of at least 4 members (excludes halogenated alkanes) is 18. The van der Waals surface area contributed by atoms with E-state index in [2.05, 4.69) is 13.8 Å². The zero-order valence-corrected chi connectivity index (χ0v) is 21.5. The molecule has 0 radical (unpaired) electrons. The van der Waals surface area contributed by atoms with Crippen LogP contribution in [0, 0.1) is 0 Å². The minimum Gasteiger partial charge on any atom is -0.472 e. The van der Waals surface area contributed by atoms with Crippen molar-refractivity contribution >= 4 is 5.97 Å². The number of aromatic carboxylic acids is 1. The fourth-order valence-electron chi connectivity index (χ4n) is 4.61. The molecule has 0 aliphatic rings. The molecule has 0 aromatic carbocycles. The summed E-state index contributed by atoms with van der Waals surface area (Å²) in [6.07, 6.45) is 30.1. The molecule has 0 amide bonds. The van der Waals surface area contributed by atoms with E-state index in [1.165, 1.54) is 116 Å². The Hall–Kier alpha value is -1.32. The maximum absolute atomic E-state index is 11.8. The second kappa shape index (κ2) is 20.3. The van der Waals surface area contributed by atoms with Crippen molar-refractivity contribution in [2.75, 3.05) is 0 Å². The summed E-state index contributed by atoms with van der Waals surface area (Å²) in [6, 6.07) is 0. The van der Waals surface area contributed by atoms with Crippen molar-refractivity contribution in [3.8, 4) is 0 Å². The maximum atomic E-state index is 11.8. The molecule has 0 saturated carbocycles. The number of hydrogen-bond donors (Lipinski definition) is 1. The number of aryl methyl sites for hydroxylation is 2. The molecule has 0 unspecified atom stereocenters. The second-order valence-corrected chi connectivity index (χ2v) is 9.68. The van der Waals surface area contributed by atoms with Crippen LogP contribution >= 0.6 is 0 Å². The average Bonchev–Trinajstić information content (AvgIpc) is 3.19. The zero-order valence-electron chi connectivity index (χ0n) is 21.5. The van der Waals surface area contributed by atoms with Crippen molar-refractivity contribution in [3.05, 3.63) is 18.2 Å². The van der Waals surface area contributed by atoms with Gasteiger partial charge in [0.15, 0.2) is 0 Å². The predicted molar refractivity (Wildman–Crippen MR) is 135 cm³/mol. The molecule has 4 nitrogen and oxygen atoms in total. The van der Waals surface area contributed by atoms with Crippen molar-refractivity contribution in [3.63, 3.8) is 0 Å². The molecule has 0 fully saturated rings. The lowest BCUT2D eigenvalue weighted by atomic mass is 10.1. The SMILES string of the molecule is CCCCCCCCCCCCn1cc[n+](CCCCCCCCCCCC)c1C(=O)O. The summed E-state index contributed by atoms with van der Waals surface area (Å²) >= 11 is 0. The number of hydrogen-bond acceptors (Lipinski definition) is 1. The van der Waals surface area contributed by atoms with Gasteiger partial charge < -0.3 is 5.11 Å². The molecule has 1 rings (SSSR count). The van der Waals surface area contributed by atoms with Crippen molar-refractivity contribution in [2.24, 2.45) is 0 Å². The number of nitrogens with zero attached hydrogens (tertiary/aromatic N) is 2. The van der Waals surface area contributed by atoms with Crippen LogP contribution in [-0.4, -0.2) is 15.6 Å². The van der Waals surface area contributed by atoms with E-state index in [0.29, 0.717) is 5.82 Å². The Balaban J connectivity index is 2.15. The fourth-order valence-corrected chi connectivity index (χ4v) is 4.61. The van der Waals surface area contributed by atoms with Crippen LogP contribution in [0.5, 0.6) is 0 Å². The van der Waals surface area contributed by atoms with Crippen LogP contribution in [0.3, 0.4) is 0 Å². The first-order valence-electron chi connectivity index (χ1n) is 14.0. The van der Waals surface area contributed by atoms with Crippen molar-refractivity contribution < 1.29 is 14.5 Å². The molecular formula is C28H53N2O2+. The number of aromatic nitrogens is 2. The maximum Gasteiger partial charge on any atom is 0.419 e. The zero-order chi connectivity index (χ0) is 23.3. The molecule has 0 spiro atoms. The molecule has 4 heteroatoms. The molecule has 1 heterocycles. The molecule has 0 bridgehead atoms. The van der Waals surface area contributed by atoms with Gasteiger partial charge in [0, 0.05) is 0 Å². The molecule has 32 heavy (non-hydrogen) atoms.